The molecule has 0 N–H and O–H groups in total. The Morgan fingerprint density at radius 3 is 0.902 bits per heavy atom. The van der Waals surface area contributed by atoms with E-state index in [0.717, 1.165) is 132 Å². The van der Waals surface area contributed by atoms with Crippen LogP contribution in [-0.2, 0) is 31.9 Å². The molecule has 1 unspecified atom stereocenters. The maximum Gasteiger partial charge on any atom is 0.0234 e. The van der Waals surface area contributed by atoms with Gasteiger partial charge in [-0.25, -0.2) is 0 Å². The highest BCUT2D eigenvalue weighted by Crippen LogP contribution is 2.29. The highest BCUT2D eigenvalue weighted by Gasteiger charge is 2.24. The van der Waals surface area contributed by atoms with Crippen molar-refractivity contribution in [2.45, 2.75) is 222 Å². The average molecular weight is 2100 g/mol. The molecule has 0 aromatic heterocycles. The van der Waals surface area contributed by atoms with Crippen molar-refractivity contribution >= 4 is 82.3 Å². The molecule has 1 atom stereocenters. The average Bonchev–Trinajstić information content (AvgIpc) is 1.68. The Bertz CT molecular complexity index is 3950. The van der Waals surface area contributed by atoms with E-state index in [2.05, 4.69) is 418 Å². The predicted octanol–water partition coefficient (Wildman–Crippen LogP) is 25.5. The molecule has 0 aliphatic heterocycles. The smallest absolute Gasteiger partial charge is 0.0234 e. The third-order valence-electron chi connectivity index (χ3n) is 28.9. The molecule has 0 spiro atoms. The first-order valence-electron chi connectivity index (χ1n) is 55.2. The largest absolute Gasteiger partial charge is 0.305 e. The summed E-state index contributed by atoms with van der Waals surface area (Å²) in [6.45, 7) is 42.7. The summed E-state index contributed by atoms with van der Waals surface area (Å²) < 4.78 is 0. The van der Waals surface area contributed by atoms with E-state index in [0.29, 0.717) is 6.04 Å². The first-order chi connectivity index (χ1) is 69.3. The standard InChI is InChI=1S/C26H32N2S.C20H34N2S.C19H32N2S.2C16H28N2S.C13H28N2S.C12H26N2S/c1-27(21-24-11-5-2-6-12-24)17-18-28(22-25-13-7-3-8-14-25)19-20-29-23-26-15-9-4-10-16-26;1-21(17-19-9-5-3-6-10-19)13-14-22(15-16-23-2)18-20-11-7-4-8-12-20;1-20(16-18-10-6-7-11-18)12-13-21(14-15-22-2)17-19-8-4-3-5-9-19;1-16(2,3)18(5)12-11-17(4)13-14-19-15-9-7-6-8-10-15;1-5-15(2)18(4)12-11-17(3)13-14-19-16-9-7-6-8-10-16;1-14(11-12-16-3)9-10-15(2)13-7-5-4-6-8-13;1-13(10-11-15-3)8-9-14(2)12-6-4-5-7-12/h2-16H,17-23H2,1H3;4,7-8,11-12,19H,3,5-6,9-10,13-18H2,1-2H3;3-5,8-9,18H,6-7,10-17H2,1-2H3;6-10H,11-14H2,1-5H3;6-10,15H,5,11-14H2,1-4H3;13H,4-12H2,1-3H3;12H,4-11H2,1-3H3. The predicted molar refractivity (Wildman–Crippen MR) is 651 cm³/mol. The monoisotopic (exact) mass is 2090 g/mol. The minimum atomic E-state index is 0.264. The van der Waals surface area contributed by atoms with Gasteiger partial charge in [0.1, 0.15) is 0 Å². The number of hydrogen-bond acceptors (Lipinski definition) is 21. The van der Waals surface area contributed by atoms with Gasteiger partial charge < -0.3 is 53.9 Å². The third kappa shape index (κ3) is 66.8. The first-order valence-corrected chi connectivity index (χ1v) is 63.9. The Morgan fingerprint density at radius 2 is 0.552 bits per heavy atom. The molecule has 4 aliphatic rings. The zero-order valence-electron chi connectivity index (χ0n) is 94.4. The molecule has 0 heterocycles. The quantitative estimate of drug-likeness (QED) is 0.0268. The molecule has 21 heteroatoms. The van der Waals surface area contributed by atoms with Crippen molar-refractivity contribution in [2.24, 2.45) is 11.8 Å². The van der Waals surface area contributed by atoms with Gasteiger partial charge in [0, 0.05) is 256 Å². The van der Waals surface area contributed by atoms with Crippen molar-refractivity contribution in [3.8, 4) is 0 Å². The summed E-state index contributed by atoms with van der Waals surface area (Å²) in [6.07, 6.45) is 36.0. The van der Waals surface area contributed by atoms with Crippen molar-refractivity contribution in [1.29, 1.82) is 0 Å². The maximum atomic E-state index is 2.61. The van der Waals surface area contributed by atoms with E-state index >= 15 is 0 Å². The zero-order chi connectivity index (χ0) is 103. The molecule has 0 amide bonds. The van der Waals surface area contributed by atoms with Crippen LogP contribution >= 0.6 is 82.3 Å². The topological polar surface area (TPSA) is 45.4 Å². The second-order valence-corrected chi connectivity index (χ2v) is 49.6. The van der Waals surface area contributed by atoms with Crippen LogP contribution < -0.4 is 0 Å². The van der Waals surface area contributed by atoms with Gasteiger partial charge >= 0.3 is 0 Å². The van der Waals surface area contributed by atoms with Crippen molar-refractivity contribution in [3.63, 3.8) is 0 Å². The van der Waals surface area contributed by atoms with Gasteiger partial charge in [0.2, 0.25) is 0 Å². The number of likely N-dealkylation sites (N-methyl/N-ethyl adjacent to an activating group) is 11. The third-order valence-corrected chi connectivity index (χ3v) is 34.3. The Kier molecular flexibility index (Phi) is 76.3. The van der Waals surface area contributed by atoms with E-state index in [9.17, 15) is 0 Å². The second kappa shape index (κ2) is 84.0. The van der Waals surface area contributed by atoms with Gasteiger partial charge in [-0.3, -0.25) is 14.7 Å². The van der Waals surface area contributed by atoms with Gasteiger partial charge in [-0.2, -0.15) is 58.8 Å². The van der Waals surface area contributed by atoms with E-state index < -0.39 is 0 Å². The minimum absolute atomic E-state index is 0.264. The van der Waals surface area contributed by atoms with Gasteiger partial charge in [-0.05, 0) is 252 Å². The Balaban J connectivity index is 0.000000297. The van der Waals surface area contributed by atoms with Crippen LogP contribution in [0.2, 0.25) is 0 Å². The van der Waals surface area contributed by atoms with Gasteiger partial charge in [0.15, 0.2) is 0 Å². The van der Waals surface area contributed by atoms with Crippen LogP contribution in [0, 0.1) is 11.8 Å². The Labute approximate surface area is 910 Å². The van der Waals surface area contributed by atoms with Crippen LogP contribution in [0.1, 0.15) is 184 Å². The fourth-order valence-electron chi connectivity index (χ4n) is 18.3. The lowest BCUT2D eigenvalue weighted by Crippen LogP contribution is -2.42. The molecule has 4 fully saturated rings. The molecule has 7 aromatic carbocycles. The lowest BCUT2D eigenvalue weighted by atomic mass is 9.89. The molecule has 4 aliphatic carbocycles. The van der Waals surface area contributed by atoms with E-state index in [-0.39, 0.29) is 5.54 Å². The number of benzene rings is 7. The van der Waals surface area contributed by atoms with Crippen molar-refractivity contribution in [1.82, 2.24) is 68.6 Å². The van der Waals surface area contributed by atoms with Gasteiger partial charge in [-0.1, -0.05) is 259 Å². The Hall–Kier alpha value is -3.57. The van der Waals surface area contributed by atoms with Crippen LogP contribution in [0.3, 0.4) is 0 Å². The van der Waals surface area contributed by atoms with Crippen LogP contribution in [0.4, 0.5) is 0 Å². The highest BCUT2D eigenvalue weighted by molar-refractivity contribution is 8.00. The van der Waals surface area contributed by atoms with Crippen LogP contribution in [0.25, 0.3) is 0 Å². The van der Waals surface area contributed by atoms with E-state index in [1.165, 1.54) is 274 Å². The van der Waals surface area contributed by atoms with Crippen molar-refractivity contribution in [3.05, 3.63) is 240 Å². The lowest BCUT2D eigenvalue weighted by Gasteiger charge is -2.33. The van der Waals surface area contributed by atoms with Gasteiger partial charge in [-0.15, -0.1) is 23.5 Å². The SMILES string of the molecule is CCC(C)N(C)CCN(C)CCSc1ccccc1.CN(CCN(CCSCc1ccccc1)Cc1ccccc1)Cc1ccccc1.CN(CCSc1ccccc1)CCN(C)C(C)(C)C.CSCCN(C)CCN(C)C1CCCC1.CSCCN(C)CCN(C)C1CCCCC1.CSCCN(CCN(C)CC1CCCC1)Cc1ccccc1.CSCCN(CCN(C)CC1CCCCC1)Cc1ccccc1. The molecular weight excluding hydrogens is 1890 g/mol. The summed E-state index contributed by atoms with van der Waals surface area (Å²) >= 11 is 13.7. The molecule has 0 bridgehead atoms. The molecule has 4 saturated carbocycles. The fourth-order valence-corrected chi connectivity index (χ4v) is 23.1. The molecule has 143 heavy (non-hydrogen) atoms. The summed E-state index contributed by atoms with van der Waals surface area (Å²) in [4.78, 5) is 37.8. The summed E-state index contributed by atoms with van der Waals surface area (Å²) in [5.74, 6) is 11.4. The summed E-state index contributed by atoms with van der Waals surface area (Å²) in [5.41, 5.74) is 7.31. The van der Waals surface area contributed by atoms with E-state index in [1.54, 1.807) is 0 Å². The van der Waals surface area contributed by atoms with Crippen LogP contribution in [0.5, 0.6) is 0 Å². The summed E-state index contributed by atoms with van der Waals surface area (Å²) in [7, 11) is 24.8. The van der Waals surface area contributed by atoms with E-state index in [1.807, 2.05) is 82.3 Å². The van der Waals surface area contributed by atoms with Gasteiger partial charge in [0.25, 0.3) is 0 Å². The minimum Gasteiger partial charge on any atom is -0.305 e. The summed E-state index contributed by atoms with van der Waals surface area (Å²) in [5, 5.41) is 0. The number of rotatable bonds is 62. The second-order valence-electron chi connectivity index (χ2n) is 42.3. The molecule has 14 nitrogen and oxygen atoms in total. The van der Waals surface area contributed by atoms with Gasteiger partial charge in [0.05, 0.1) is 0 Å². The molecular formula is C122H208N14S7. The number of nitrogens with zero attached hydrogens (tertiary/aromatic N) is 14. The molecule has 808 valence electrons. The molecule has 7 aromatic rings. The maximum absolute atomic E-state index is 2.61. The highest BCUT2D eigenvalue weighted by atomic mass is 32.2. The normalized spacial score (nSPS) is 14.8. The number of thioether (sulfide) groups is 7. The lowest BCUT2D eigenvalue weighted by molar-refractivity contribution is 0.156. The zero-order valence-corrected chi connectivity index (χ0v) is 100. The molecule has 0 saturated heterocycles. The van der Waals surface area contributed by atoms with E-state index in [4.69, 9.17) is 0 Å². The molecule has 0 radical (unpaired) electrons. The van der Waals surface area contributed by atoms with Crippen molar-refractivity contribution in [2.75, 3.05) is 293 Å². The summed E-state index contributed by atoms with van der Waals surface area (Å²) in [6, 6.07) is 77.8. The van der Waals surface area contributed by atoms with Crippen molar-refractivity contribution < 1.29 is 0 Å². The first kappa shape index (κ1) is 130. The van der Waals surface area contributed by atoms with Crippen LogP contribution in [-0.4, -0.2) is 386 Å². The fraction of sp³-hybridized carbons (Fsp3) is 0.656. The van der Waals surface area contributed by atoms with Crippen LogP contribution in [0.15, 0.2) is 222 Å². The number of hydrogen-bond donors (Lipinski definition) is 0. The Morgan fingerprint density at radius 1 is 0.273 bits per heavy atom. The molecule has 11 rings (SSSR count).